The van der Waals surface area contributed by atoms with Crippen molar-refractivity contribution in [2.45, 2.75) is 57.4 Å². The average molecular weight is 413 g/mol. The van der Waals surface area contributed by atoms with Crippen molar-refractivity contribution >= 4 is 21.6 Å². The van der Waals surface area contributed by atoms with E-state index in [2.05, 4.69) is 32.0 Å². The molecule has 0 aromatic heterocycles. The molecule has 0 radical (unpaired) electrons. The van der Waals surface area contributed by atoms with Gasteiger partial charge in [-0.25, -0.2) is 8.42 Å². The number of benzene rings is 2. The van der Waals surface area contributed by atoms with Crippen LogP contribution in [0.2, 0.25) is 0 Å². The molecule has 1 saturated heterocycles. The van der Waals surface area contributed by atoms with Crippen LogP contribution in [0.5, 0.6) is 0 Å². The number of nitrogens with zero attached hydrogens (tertiary/aromatic N) is 2. The van der Waals surface area contributed by atoms with E-state index in [0.717, 1.165) is 53.6 Å². The molecule has 6 heteroatoms. The molecule has 1 fully saturated rings. The Bertz CT molecular complexity index is 1040. The van der Waals surface area contributed by atoms with Crippen molar-refractivity contribution in [2.75, 3.05) is 18.0 Å². The molecule has 1 unspecified atom stereocenters. The van der Waals surface area contributed by atoms with E-state index in [-0.39, 0.29) is 11.9 Å². The van der Waals surface area contributed by atoms with Crippen LogP contribution in [0.15, 0.2) is 41.3 Å². The standard InChI is InChI=1S/C23H28N2O3S/c1-16-12-17(2)14-20(13-16)23-7-5-11-25(23)29(27,28)21-8-9-22-19(15-21)6-4-10-24(22)18(3)26/h8-9,12-15,23H,4-7,10-11H2,1-3H3. The molecule has 2 aromatic rings. The van der Waals surface area contributed by atoms with E-state index in [9.17, 15) is 13.2 Å². The molecular weight excluding hydrogens is 384 g/mol. The summed E-state index contributed by atoms with van der Waals surface area (Å²) in [6.07, 6.45) is 3.35. The van der Waals surface area contributed by atoms with Gasteiger partial charge in [0.25, 0.3) is 0 Å². The van der Waals surface area contributed by atoms with Crippen molar-refractivity contribution in [2.24, 2.45) is 0 Å². The van der Waals surface area contributed by atoms with Crippen LogP contribution < -0.4 is 4.90 Å². The molecule has 29 heavy (non-hydrogen) atoms. The van der Waals surface area contributed by atoms with E-state index in [1.165, 1.54) is 0 Å². The van der Waals surface area contributed by atoms with Crippen molar-refractivity contribution in [3.8, 4) is 0 Å². The number of carbonyl (C=O) groups is 1. The Morgan fingerprint density at radius 3 is 2.41 bits per heavy atom. The zero-order valence-electron chi connectivity index (χ0n) is 17.3. The number of rotatable bonds is 3. The summed E-state index contributed by atoms with van der Waals surface area (Å²) in [5.74, 6) is -0.00372. The van der Waals surface area contributed by atoms with E-state index in [0.29, 0.717) is 18.0 Å². The largest absolute Gasteiger partial charge is 0.312 e. The highest BCUT2D eigenvalue weighted by molar-refractivity contribution is 7.89. The molecule has 1 amide bonds. The lowest BCUT2D eigenvalue weighted by Gasteiger charge is -2.30. The molecule has 2 aliphatic heterocycles. The second-order valence-corrected chi connectivity index (χ2v) is 10.2. The maximum atomic E-state index is 13.5. The van der Waals surface area contributed by atoms with Crippen molar-refractivity contribution in [3.05, 3.63) is 58.7 Å². The molecule has 2 aromatic carbocycles. The van der Waals surface area contributed by atoms with E-state index >= 15 is 0 Å². The quantitative estimate of drug-likeness (QED) is 0.762. The number of amides is 1. The van der Waals surface area contributed by atoms with Crippen molar-refractivity contribution in [1.29, 1.82) is 0 Å². The molecule has 1 atom stereocenters. The minimum absolute atomic E-state index is 0.00372. The first kappa shape index (κ1) is 20.1. The fraction of sp³-hybridized carbons (Fsp3) is 0.435. The van der Waals surface area contributed by atoms with Crippen LogP contribution in [0, 0.1) is 13.8 Å². The minimum Gasteiger partial charge on any atom is -0.312 e. The van der Waals surface area contributed by atoms with Gasteiger partial charge in [0.05, 0.1) is 10.9 Å². The first-order chi connectivity index (χ1) is 13.8. The molecule has 0 N–H and O–H groups in total. The normalized spacial score (nSPS) is 20.0. The lowest BCUT2D eigenvalue weighted by Crippen LogP contribution is -2.34. The van der Waals surface area contributed by atoms with E-state index in [1.54, 1.807) is 34.3 Å². The number of hydrogen-bond donors (Lipinski definition) is 0. The molecule has 154 valence electrons. The fourth-order valence-corrected chi connectivity index (χ4v) is 6.49. The summed E-state index contributed by atoms with van der Waals surface area (Å²) >= 11 is 0. The predicted octanol–water partition coefficient (Wildman–Crippen LogP) is 4.13. The second kappa shape index (κ2) is 7.58. The minimum atomic E-state index is -3.60. The summed E-state index contributed by atoms with van der Waals surface area (Å²) in [6.45, 7) is 6.88. The first-order valence-corrected chi connectivity index (χ1v) is 11.7. The number of fused-ring (bicyclic) bond motifs is 1. The van der Waals surface area contributed by atoms with Crippen LogP contribution in [0.1, 0.15) is 54.5 Å². The van der Waals surface area contributed by atoms with Gasteiger partial charge in [-0.1, -0.05) is 29.3 Å². The summed E-state index contributed by atoms with van der Waals surface area (Å²) in [4.78, 5) is 14.0. The molecule has 0 saturated carbocycles. The van der Waals surface area contributed by atoms with E-state index in [1.807, 2.05) is 0 Å². The topological polar surface area (TPSA) is 57.7 Å². The van der Waals surface area contributed by atoms with Crippen LogP contribution in [0.4, 0.5) is 5.69 Å². The zero-order chi connectivity index (χ0) is 20.8. The van der Waals surface area contributed by atoms with Gasteiger partial charge in [0.15, 0.2) is 0 Å². The van der Waals surface area contributed by atoms with Crippen LogP contribution >= 0.6 is 0 Å². The SMILES string of the molecule is CC(=O)N1CCCc2cc(S(=O)(=O)N3CCCC3c3cc(C)cc(C)c3)ccc21. The second-order valence-electron chi connectivity index (χ2n) is 8.26. The Labute approximate surface area is 173 Å². The third kappa shape index (κ3) is 3.71. The number of anilines is 1. The Balaban J connectivity index is 1.70. The van der Waals surface area contributed by atoms with Crippen molar-refractivity contribution < 1.29 is 13.2 Å². The number of carbonyl (C=O) groups excluding carboxylic acids is 1. The molecule has 5 nitrogen and oxygen atoms in total. The molecule has 2 aliphatic rings. The monoisotopic (exact) mass is 412 g/mol. The van der Waals surface area contributed by atoms with Gasteiger partial charge in [-0.2, -0.15) is 4.31 Å². The van der Waals surface area contributed by atoms with Crippen molar-refractivity contribution in [3.63, 3.8) is 0 Å². The average Bonchev–Trinajstić information content (AvgIpc) is 3.17. The molecule has 2 heterocycles. The van der Waals surface area contributed by atoms with Crippen LogP contribution in [-0.4, -0.2) is 31.7 Å². The summed E-state index contributed by atoms with van der Waals surface area (Å²) in [5, 5.41) is 0. The lowest BCUT2D eigenvalue weighted by molar-refractivity contribution is -0.116. The van der Waals surface area contributed by atoms with Crippen LogP contribution in [-0.2, 0) is 21.2 Å². The maximum Gasteiger partial charge on any atom is 0.243 e. The summed E-state index contributed by atoms with van der Waals surface area (Å²) in [5.41, 5.74) is 5.17. The third-order valence-electron chi connectivity index (χ3n) is 5.99. The van der Waals surface area contributed by atoms with E-state index < -0.39 is 10.0 Å². The molecule has 0 bridgehead atoms. The summed E-state index contributed by atoms with van der Waals surface area (Å²) in [7, 11) is -3.60. The highest BCUT2D eigenvalue weighted by atomic mass is 32.2. The molecule has 4 rings (SSSR count). The Morgan fingerprint density at radius 1 is 1.00 bits per heavy atom. The van der Waals surface area contributed by atoms with Gasteiger partial charge in [-0.05, 0) is 68.9 Å². The molecular formula is C23H28N2O3S. The van der Waals surface area contributed by atoms with Crippen molar-refractivity contribution in [1.82, 2.24) is 4.31 Å². The van der Waals surface area contributed by atoms with Gasteiger partial charge in [0.1, 0.15) is 0 Å². The molecule has 0 aliphatic carbocycles. The smallest absolute Gasteiger partial charge is 0.243 e. The zero-order valence-corrected chi connectivity index (χ0v) is 18.1. The fourth-order valence-electron chi connectivity index (χ4n) is 4.76. The summed E-state index contributed by atoms with van der Waals surface area (Å²) in [6, 6.07) is 11.4. The lowest BCUT2D eigenvalue weighted by atomic mass is 10.0. The van der Waals surface area contributed by atoms with Gasteiger partial charge in [0.2, 0.25) is 15.9 Å². The van der Waals surface area contributed by atoms with Gasteiger partial charge in [-0.15, -0.1) is 0 Å². The van der Waals surface area contributed by atoms with Gasteiger partial charge in [-0.3, -0.25) is 4.79 Å². The third-order valence-corrected chi connectivity index (χ3v) is 7.89. The number of hydrogen-bond acceptors (Lipinski definition) is 3. The predicted molar refractivity (Wildman–Crippen MR) is 115 cm³/mol. The highest BCUT2D eigenvalue weighted by Crippen LogP contribution is 2.38. The first-order valence-electron chi connectivity index (χ1n) is 10.3. The van der Waals surface area contributed by atoms with Crippen LogP contribution in [0.3, 0.4) is 0 Å². The van der Waals surface area contributed by atoms with Gasteiger partial charge >= 0.3 is 0 Å². The Kier molecular flexibility index (Phi) is 5.25. The van der Waals surface area contributed by atoms with Gasteiger partial charge in [0, 0.05) is 25.7 Å². The number of sulfonamides is 1. The maximum absolute atomic E-state index is 13.5. The highest BCUT2D eigenvalue weighted by Gasteiger charge is 2.37. The summed E-state index contributed by atoms with van der Waals surface area (Å²) < 4.78 is 28.7. The Hall–Kier alpha value is -2.18. The van der Waals surface area contributed by atoms with Gasteiger partial charge < -0.3 is 4.90 Å². The number of aryl methyl sites for hydroxylation is 3. The van der Waals surface area contributed by atoms with Crippen LogP contribution in [0.25, 0.3) is 0 Å². The van der Waals surface area contributed by atoms with E-state index in [4.69, 9.17) is 0 Å². The Morgan fingerprint density at radius 2 is 1.72 bits per heavy atom. The molecule has 0 spiro atoms.